The molecule has 0 fully saturated rings. The molecule has 1 aromatic carbocycles. The summed E-state index contributed by atoms with van der Waals surface area (Å²) in [7, 11) is 0. The van der Waals surface area contributed by atoms with Gasteiger partial charge in [0.15, 0.2) is 0 Å². The molecule has 0 unspecified atom stereocenters. The van der Waals surface area contributed by atoms with Crippen molar-refractivity contribution in [1.82, 2.24) is 0 Å². The van der Waals surface area contributed by atoms with Gasteiger partial charge >= 0.3 is 0 Å². The van der Waals surface area contributed by atoms with E-state index >= 15 is 0 Å². The molecule has 1 rings (SSSR count). The van der Waals surface area contributed by atoms with Crippen molar-refractivity contribution in [2.75, 3.05) is 5.88 Å². The smallest absolute Gasteiger partial charge is 0.0839 e. The molecular formula is C13H19ClO. The molecule has 0 aromatic heterocycles. The molecule has 1 nitrogen and oxygen atoms in total. The van der Waals surface area contributed by atoms with E-state index in [0.29, 0.717) is 5.88 Å². The third kappa shape index (κ3) is 4.23. The number of benzene rings is 1. The van der Waals surface area contributed by atoms with Crippen LogP contribution >= 0.6 is 11.6 Å². The lowest BCUT2D eigenvalue weighted by Crippen LogP contribution is -2.11. The summed E-state index contributed by atoms with van der Waals surface area (Å²) < 4.78 is 5.83. The van der Waals surface area contributed by atoms with Crippen molar-refractivity contribution in [3.63, 3.8) is 0 Å². The van der Waals surface area contributed by atoms with E-state index in [1.54, 1.807) is 0 Å². The van der Waals surface area contributed by atoms with E-state index in [1.165, 1.54) is 11.1 Å². The molecule has 15 heavy (non-hydrogen) atoms. The molecule has 0 saturated heterocycles. The Bertz CT molecular complexity index is 279. The number of hydrogen-bond donors (Lipinski definition) is 0. The van der Waals surface area contributed by atoms with E-state index in [9.17, 15) is 0 Å². The number of rotatable bonds is 5. The highest BCUT2D eigenvalue weighted by Crippen LogP contribution is 2.23. The standard InChI is InChI=1S/C13H19ClO/c1-10(2)15-13(8-9-14)12-6-4-11(3)5-7-12/h4-7,10,13H,8-9H2,1-3H3/t13-/m1/s1. The van der Waals surface area contributed by atoms with Gasteiger partial charge in [-0.2, -0.15) is 0 Å². The SMILES string of the molecule is Cc1ccc([C@@H](CCCl)OC(C)C)cc1. The molecule has 0 N–H and O–H groups in total. The van der Waals surface area contributed by atoms with Gasteiger partial charge in [0.25, 0.3) is 0 Å². The second-order valence-electron chi connectivity index (χ2n) is 4.06. The topological polar surface area (TPSA) is 9.23 Å². The van der Waals surface area contributed by atoms with Crippen molar-refractivity contribution in [2.45, 2.75) is 39.4 Å². The number of aryl methyl sites for hydroxylation is 1. The maximum absolute atomic E-state index is 5.83. The summed E-state index contributed by atoms with van der Waals surface area (Å²) in [6.45, 7) is 6.19. The van der Waals surface area contributed by atoms with Crippen LogP contribution in [0.5, 0.6) is 0 Å². The second-order valence-corrected chi connectivity index (χ2v) is 4.44. The van der Waals surface area contributed by atoms with Crippen LogP contribution in [0.1, 0.15) is 37.5 Å². The van der Waals surface area contributed by atoms with Gasteiger partial charge in [0.05, 0.1) is 12.2 Å². The highest BCUT2D eigenvalue weighted by atomic mass is 35.5. The zero-order valence-corrected chi connectivity index (χ0v) is 10.4. The Hall–Kier alpha value is -0.530. The number of hydrogen-bond acceptors (Lipinski definition) is 1. The lowest BCUT2D eigenvalue weighted by Gasteiger charge is -2.20. The zero-order valence-electron chi connectivity index (χ0n) is 9.66. The molecule has 0 heterocycles. The van der Waals surface area contributed by atoms with Crippen LogP contribution in [0.25, 0.3) is 0 Å². The van der Waals surface area contributed by atoms with Crippen LogP contribution in [-0.2, 0) is 4.74 Å². The quantitative estimate of drug-likeness (QED) is 0.688. The third-order valence-corrected chi connectivity index (χ3v) is 2.48. The van der Waals surface area contributed by atoms with E-state index in [-0.39, 0.29) is 12.2 Å². The van der Waals surface area contributed by atoms with Crippen LogP contribution in [0.2, 0.25) is 0 Å². The van der Waals surface area contributed by atoms with Crippen molar-refractivity contribution < 1.29 is 4.74 Å². The van der Waals surface area contributed by atoms with Gasteiger partial charge in [0.1, 0.15) is 0 Å². The Kier molecular flexibility index (Phi) is 5.13. The van der Waals surface area contributed by atoms with Crippen molar-refractivity contribution in [3.8, 4) is 0 Å². The van der Waals surface area contributed by atoms with Gasteiger partial charge < -0.3 is 4.74 Å². The summed E-state index contributed by atoms with van der Waals surface area (Å²) in [4.78, 5) is 0. The average molecular weight is 227 g/mol. The summed E-state index contributed by atoms with van der Waals surface area (Å²) >= 11 is 5.78. The molecule has 1 aromatic rings. The first-order valence-electron chi connectivity index (χ1n) is 5.41. The largest absolute Gasteiger partial charge is 0.371 e. The molecule has 0 amide bonds. The van der Waals surface area contributed by atoms with Crippen LogP contribution in [-0.4, -0.2) is 12.0 Å². The highest BCUT2D eigenvalue weighted by Gasteiger charge is 2.12. The van der Waals surface area contributed by atoms with Crippen LogP contribution in [0.3, 0.4) is 0 Å². The number of ether oxygens (including phenoxy) is 1. The van der Waals surface area contributed by atoms with Crippen LogP contribution < -0.4 is 0 Å². The monoisotopic (exact) mass is 226 g/mol. The Balaban J connectivity index is 2.74. The van der Waals surface area contributed by atoms with Gasteiger partial charge in [-0.1, -0.05) is 29.8 Å². The number of alkyl halides is 1. The van der Waals surface area contributed by atoms with Crippen LogP contribution in [0.15, 0.2) is 24.3 Å². The maximum Gasteiger partial charge on any atom is 0.0839 e. The minimum Gasteiger partial charge on any atom is -0.371 e. The molecule has 2 heteroatoms. The van der Waals surface area contributed by atoms with E-state index in [4.69, 9.17) is 16.3 Å². The first kappa shape index (κ1) is 12.5. The van der Waals surface area contributed by atoms with Gasteiger partial charge in [-0.25, -0.2) is 0 Å². The Morgan fingerprint density at radius 1 is 1.20 bits per heavy atom. The molecule has 0 spiro atoms. The van der Waals surface area contributed by atoms with E-state index in [2.05, 4.69) is 45.0 Å². The Labute approximate surface area is 97.4 Å². The predicted molar refractivity (Wildman–Crippen MR) is 65.5 cm³/mol. The minimum absolute atomic E-state index is 0.128. The molecule has 0 aliphatic rings. The third-order valence-electron chi connectivity index (χ3n) is 2.26. The van der Waals surface area contributed by atoms with Crippen LogP contribution in [0.4, 0.5) is 0 Å². The fraction of sp³-hybridized carbons (Fsp3) is 0.538. The van der Waals surface area contributed by atoms with E-state index in [1.807, 2.05) is 0 Å². The first-order valence-corrected chi connectivity index (χ1v) is 5.95. The lowest BCUT2D eigenvalue weighted by atomic mass is 10.1. The normalized spacial score (nSPS) is 13.1. The summed E-state index contributed by atoms with van der Waals surface area (Å²) in [6.07, 6.45) is 1.23. The van der Waals surface area contributed by atoms with Crippen molar-refractivity contribution >= 4 is 11.6 Å². The highest BCUT2D eigenvalue weighted by molar-refractivity contribution is 6.17. The van der Waals surface area contributed by atoms with E-state index in [0.717, 1.165) is 6.42 Å². The Morgan fingerprint density at radius 3 is 2.27 bits per heavy atom. The Morgan fingerprint density at radius 2 is 1.80 bits per heavy atom. The fourth-order valence-corrected chi connectivity index (χ4v) is 1.72. The molecule has 0 bridgehead atoms. The summed E-state index contributed by atoms with van der Waals surface area (Å²) in [6, 6.07) is 8.46. The summed E-state index contributed by atoms with van der Waals surface area (Å²) in [5, 5.41) is 0. The average Bonchev–Trinajstić information content (AvgIpc) is 2.17. The van der Waals surface area contributed by atoms with Gasteiger partial charge in [-0.05, 0) is 32.8 Å². The van der Waals surface area contributed by atoms with Crippen molar-refractivity contribution in [1.29, 1.82) is 0 Å². The molecule has 0 saturated carbocycles. The predicted octanol–water partition coefficient (Wildman–Crippen LogP) is 4.09. The van der Waals surface area contributed by atoms with Crippen LogP contribution in [0, 0.1) is 6.92 Å². The van der Waals surface area contributed by atoms with Crippen molar-refractivity contribution in [2.24, 2.45) is 0 Å². The number of halogens is 1. The maximum atomic E-state index is 5.83. The molecule has 1 atom stereocenters. The minimum atomic E-state index is 0.128. The van der Waals surface area contributed by atoms with Gasteiger partial charge in [-0.15, -0.1) is 11.6 Å². The molecular weight excluding hydrogens is 208 g/mol. The van der Waals surface area contributed by atoms with Gasteiger partial charge in [-0.3, -0.25) is 0 Å². The molecule has 0 aliphatic carbocycles. The lowest BCUT2D eigenvalue weighted by molar-refractivity contribution is 0.00498. The molecule has 84 valence electrons. The fourth-order valence-electron chi connectivity index (χ4n) is 1.52. The van der Waals surface area contributed by atoms with E-state index < -0.39 is 0 Å². The van der Waals surface area contributed by atoms with Gasteiger partial charge in [0, 0.05) is 5.88 Å². The first-order chi connectivity index (χ1) is 7.13. The molecule has 0 radical (unpaired) electrons. The zero-order chi connectivity index (χ0) is 11.3. The summed E-state index contributed by atoms with van der Waals surface area (Å²) in [5.41, 5.74) is 2.49. The van der Waals surface area contributed by atoms with Crippen molar-refractivity contribution in [3.05, 3.63) is 35.4 Å². The second kappa shape index (κ2) is 6.14. The molecule has 0 aliphatic heterocycles. The van der Waals surface area contributed by atoms with Gasteiger partial charge in [0.2, 0.25) is 0 Å². The summed E-state index contributed by atoms with van der Waals surface area (Å²) in [5.74, 6) is 0.630.